The molecule has 39 heavy (non-hydrogen) atoms. The van der Waals surface area contributed by atoms with Crippen molar-refractivity contribution in [2.24, 2.45) is 5.10 Å². The van der Waals surface area contributed by atoms with E-state index in [1.165, 1.54) is 12.1 Å². The summed E-state index contributed by atoms with van der Waals surface area (Å²) in [6, 6.07) is 20.9. The zero-order chi connectivity index (χ0) is 28.3. The Morgan fingerprint density at radius 2 is 1.56 bits per heavy atom. The molecule has 0 saturated carbocycles. The van der Waals surface area contributed by atoms with Gasteiger partial charge in [0.2, 0.25) is 0 Å². The Balaban J connectivity index is 1.57. The second-order valence-electron chi connectivity index (χ2n) is 9.50. The van der Waals surface area contributed by atoms with Crippen LogP contribution in [-0.4, -0.2) is 31.7 Å². The first kappa shape index (κ1) is 28.1. The van der Waals surface area contributed by atoms with Gasteiger partial charge in [-0.15, -0.1) is 0 Å². The summed E-state index contributed by atoms with van der Waals surface area (Å²) in [5.74, 6) is -0.583. The van der Waals surface area contributed by atoms with Gasteiger partial charge in [-0.1, -0.05) is 47.5 Å². The average Bonchev–Trinajstić information content (AvgIpc) is 3.16. The molecule has 7 nitrogen and oxygen atoms in total. The predicted octanol–water partition coefficient (Wildman–Crippen LogP) is 6.02. The molecule has 1 heterocycles. The van der Waals surface area contributed by atoms with Crippen molar-refractivity contribution in [1.29, 1.82) is 0 Å². The van der Waals surface area contributed by atoms with Crippen molar-refractivity contribution in [1.82, 2.24) is 9.99 Å². The van der Waals surface area contributed by atoms with Crippen molar-refractivity contribution in [3.05, 3.63) is 111 Å². The Morgan fingerprint density at radius 1 is 0.949 bits per heavy atom. The van der Waals surface area contributed by atoms with Gasteiger partial charge in [0.25, 0.3) is 15.9 Å². The van der Waals surface area contributed by atoms with Gasteiger partial charge in [-0.2, -0.15) is 5.10 Å². The van der Waals surface area contributed by atoms with Crippen LogP contribution < -0.4 is 9.73 Å². The molecule has 0 aliphatic heterocycles. The number of sulfonamides is 1. The molecule has 0 spiro atoms. The maximum Gasteiger partial charge on any atom is 0.264 e. The smallest absolute Gasteiger partial charge is 0.264 e. The molecule has 0 atom stereocenters. The number of aryl methyl sites for hydroxylation is 4. The minimum absolute atomic E-state index is 0.0817. The third kappa shape index (κ3) is 6.08. The molecule has 0 fully saturated rings. The number of carbonyl (C=O) groups is 1. The van der Waals surface area contributed by atoms with E-state index in [4.69, 9.17) is 11.6 Å². The van der Waals surface area contributed by atoms with Gasteiger partial charge >= 0.3 is 0 Å². The molecule has 1 N–H and O–H groups in total. The van der Waals surface area contributed by atoms with Crippen molar-refractivity contribution in [2.45, 2.75) is 39.5 Å². The molecule has 0 saturated heterocycles. The van der Waals surface area contributed by atoms with Gasteiger partial charge in [-0.05, 0) is 88.2 Å². The normalized spacial score (nSPS) is 11.6. The predicted molar refractivity (Wildman–Crippen MR) is 158 cm³/mol. The first-order chi connectivity index (χ1) is 18.5. The number of nitrogens with one attached hydrogen (secondary N) is 1. The van der Waals surface area contributed by atoms with E-state index in [0.29, 0.717) is 10.7 Å². The second-order valence-corrected chi connectivity index (χ2v) is 11.8. The number of para-hydroxylation sites is 1. The molecule has 3 aromatic carbocycles. The van der Waals surface area contributed by atoms with Crippen LogP contribution in [0.25, 0.3) is 5.69 Å². The minimum Gasteiger partial charge on any atom is -0.317 e. The lowest BCUT2D eigenvalue weighted by Gasteiger charge is -2.23. The molecular formula is C30H31ClN4O3S. The maximum absolute atomic E-state index is 13.5. The molecule has 1 aromatic heterocycles. The van der Waals surface area contributed by atoms with Crippen LogP contribution in [0, 0.1) is 34.6 Å². The molecular weight excluding hydrogens is 532 g/mol. The Bertz CT molecular complexity index is 1620. The third-order valence-corrected chi connectivity index (χ3v) is 8.58. The van der Waals surface area contributed by atoms with Crippen LogP contribution in [-0.2, 0) is 14.8 Å². The zero-order valence-corrected chi connectivity index (χ0v) is 24.1. The summed E-state index contributed by atoms with van der Waals surface area (Å²) in [4.78, 5) is 13.0. The topological polar surface area (TPSA) is 83.8 Å². The molecule has 0 aliphatic carbocycles. The third-order valence-electron chi connectivity index (χ3n) is 6.54. The SMILES string of the molecule is Cc1ccc(S(=O)(=O)N(CC(=O)N/N=C\c2cc(C)n(-c3c(C)cccc3C)c2C)c2ccc(Cl)cc2)cc1. The van der Waals surface area contributed by atoms with Crippen molar-refractivity contribution in [2.75, 3.05) is 10.8 Å². The van der Waals surface area contributed by atoms with Crippen molar-refractivity contribution < 1.29 is 13.2 Å². The Kier molecular flexibility index (Phi) is 8.28. The highest BCUT2D eigenvalue weighted by molar-refractivity contribution is 7.92. The van der Waals surface area contributed by atoms with Crippen LogP contribution in [0.15, 0.2) is 82.8 Å². The first-order valence-electron chi connectivity index (χ1n) is 12.4. The van der Waals surface area contributed by atoms with Crippen molar-refractivity contribution in [3.63, 3.8) is 0 Å². The lowest BCUT2D eigenvalue weighted by molar-refractivity contribution is -0.119. The number of nitrogens with zero attached hydrogens (tertiary/aromatic N) is 3. The van der Waals surface area contributed by atoms with E-state index in [0.717, 1.165) is 43.6 Å². The number of hydrogen-bond donors (Lipinski definition) is 1. The molecule has 0 aliphatic rings. The highest BCUT2D eigenvalue weighted by Gasteiger charge is 2.27. The number of aromatic nitrogens is 1. The zero-order valence-electron chi connectivity index (χ0n) is 22.6. The van der Waals surface area contributed by atoms with E-state index in [-0.39, 0.29) is 4.90 Å². The quantitative estimate of drug-likeness (QED) is 0.210. The number of rotatable bonds is 8. The number of carbonyl (C=O) groups excluding carboxylic acids is 1. The highest BCUT2D eigenvalue weighted by Crippen LogP contribution is 2.26. The molecule has 0 unspecified atom stereocenters. The van der Waals surface area contributed by atoms with Crippen LogP contribution in [0.4, 0.5) is 5.69 Å². The Morgan fingerprint density at radius 3 is 2.18 bits per heavy atom. The summed E-state index contributed by atoms with van der Waals surface area (Å²) in [5, 5.41) is 4.60. The van der Waals surface area contributed by atoms with E-state index < -0.39 is 22.5 Å². The molecule has 4 rings (SSSR count). The van der Waals surface area contributed by atoms with E-state index in [1.807, 2.05) is 32.9 Å². The van der Waals surface area contributed by atoms with E-state index >= 15 is 0 Å². The van der Waals surface area contributed by atoms with Crippen LogP contribution >= 0.6 is 11.6 Å². The van der Waals surface area contributed by atoms with E-state index in [1.54, 1.807) is 42.6 Å². The summed E-state index contributed by atoms with van der Waals surface area (Å²) < 4.78 is 30.2. The molecule has 4 aromatic rings. The Hall–Kier alpha value is -3.88. The number of benzene rings is 3. The molecule has 0 radical (unpaired) electrons. The van der Waals surface area contributed by atoms with Gasteiger partial charge in [0.15, 0.2) is 0 Å². The summed E-state index contributed by atoms with van der Waals surface area (Å²) in [7, 11) is -4.03. The van der Waals surface area contributed by atoms with Gasteiger partial charge in [-0.25, -0.2) is 13.8 Å². The fraction of sp³-hybridized carbons (Fsp3) is 0.200. The highest BCUT2D eigenvalue weighted by atomic mass is 35.5. The van der Waals surface area contributed by atoms with Gasteiger partial charge in [0.05, 0.1) is 22.5 Å². The van der Waals surface area contributed by atoms with Gasteiger partial charge in [0.1, 0.15) is 6.54 Å². The van der Waals surface area contributed by atoms with Crippen molar-refractivity contribution in [3.8, 4) is 5.69 Å². The lowest BCUT2D eigenvalue weighted by Crippen LogP contribution is -2.39. The Labute approximate surface area is 234 Å². The number of halogens is 1. The van der Waals surface area contributed by atoms with Crippen LogP contribution in [0.1, 0.15) is 33.6 Å². The van der Waals surface area contributed by atoms with Gasteiger partial charge < -0.3 is 4.57 Å². The molecule has 9 heteroatoms. The number of hydrogen-bond acceptors (Lipinski definition) is 4. The maximum atomic E-state index is 13.5. The van der Waals surface area contributed by atoms with Crippen molar-refractivity contribution >= 4 is 39.4 Å². The number of hydrazone groups is 1. The summed E-state index contributed by atoms with van der Waals surface area (Å²) >= 11 is 6.01. The van der Waals surface area contributed by atoms with Gasteiger partial charge in [-0.3, -0.25) is 9.10 Å². The minimum atomic E-state index is -4.03. The monoisotopic (exact) mass is 562 g/mol. The van der Waals surface area contributed by atoms with Crippen LogP contribution in [0.3, 0.4) is 0 Å². The van der Waals surface area contributed by atoms with Gasteiger partial charge in [0, 0.05) is 22.0 Å². The first-order valence-corrected chi connectivity index (χ1v) is 14.2. The summed E-state index contributed by atoms with van der Waals surface area (Å²) in [6.07, 6.45) is 1.57. The number of anilines is 1. The lowest BCUT2D eigenvalue weighted by atomic mass is 10.1. The second kappa shape index (κ2) is 11.5. The average molecular weight is 563 g/mol. The van der Waals surface area contributed by atoms with Crippen LogP contribution in [0.5, 0.6) is 0 Å². The molecule has 202 valence electrons. The molecule has 0 bridgehead atoms. The molecule has 1 amide bonds. The fourth-order valence-corrected chi connectivity index (χ4v) is 6.07. The van der Waals surface area contributed by atoms with E-state index in [2.05, 4.69) is 41.1 Å². The summed E-state index contributed by atoms with van der Waals surface area (Å²) in [6.45, 7) is 9.58. The standard InChI is InChI=1S/C30H31ClN4O3S/c1-20-9-15-28(16-10-20)39(37,38)34(27-13-11-26(31)12-14-27)19-29(36)33-32-18-25-17-23(4)35(24(25)5)30-21(2)7-6-8-22(30)3/h6-18H,19H2,1-5H3,(H,33,36)/b32-18-. The largest absolute Gasteiger partial charge is 0.317 e. The summed E-state index contributed by atoms with van der Waals surface area (Å²) in [5.41, 5.74) is 10.0. The van der Waals surface area contributed by atoms with Crippen LogP contribution in [0.2, 0.25) is 5.02 Å². The number of amides is 1. The fourth-order valence-electron chi connectivity index (χ4n) is 4.52. The van der Waals surface area contributed by atoms with E-state index in [9.17, 15) is 13.2 Å².